The van der Waals surface area contributed by atoms with Crippen molar-refractivity contribution in [1.29, 1.82) is 0 Å². The van der Waals surface area contributed by atoms with Crippen molar-refractivity contribution in [1.82, 2.24) is 0 Å². The Kier molecular flexibility index (Phi) is 4.59. The van der Waals surface area contributed by atoms with Gasteiger partial charge in [0.25, 0.3) is 0 Å². The standard InChI is InChI=1S/C18H26N2O2/c1-6-8-19-17-10-13(2)15(7-9-20(21)22)11-16(17)14(3)12-18(19,4)5/h7,9-11,14H,6,8,12H2,1-5H3/b9-7+. The van der Waals surface area contributed by atoms with Crippen molar-refractivity contribution in [3.8, 4) is 0 Å². The molecular formula is C18H26N2O2. The first-order valence-electron chi connectivity index (χ1n) is 8.00. The Hall–Kier alpha value is -1.84. The first kappa shape index (κ1) is 16.5. The number of fused-ring (bicyclic) bond motifs is 1. The Morgan fingerprint density at radius 3 is 2.73 bits per heavy atom. The maximum absolute atomic E-state index is 10.6. The third kappa shape index (κ3) is 3.16. The van der Waals surface area contributed by atoms with Gasteiger partial charge in [-0.2, -0.15) is 0 Å². The van der Waals surface area contributed by atoms with Gasteiger partial charge in [-0.05, 0) is 68.4 Å². The number of rotatable bonds is 4. The molecule has 4 heteroatoms. The smallest absolute Gasteiger partial charge is 0.235 e. The first-order valence-corrected chi connectivity index (χ1v) is 8.00. The van der Waals surface area contributed by atoms with Crippen LogP contribution in [0.5, 0.6) is 0 Å². The number of hydrogen-bond donors (Lipinski definition) is 0. The van der Waals surface area contributed by atoms with Gasteiger partial charge in [0.2, 0.25) is 6.20 Å². The van der Waals surface area contributed by atoms with Crippen LogP contribution in [0.15, 0.2) is 18.3 Å². The van der Waals surface area contributed by atoms with Gasteiger partial charge in [0.1, 0.15) is 0 Å². The zero-order valence-electron chi connectivity index (χ0n) is 14.2. The van der Waals surface area contributed by atoms with E-state index < -0.39 is 4.92 Å². The van der Waals surface area contributed by atoms with Crippen molar-refractivity contribution in [2.45, 2.75) is 58.9 Å². The fourth-order valence-electron chi connectivity index (χ4n) is 3.62. The van der Waals surface area contributed by atoms with E-state index in [0.717, 1.165) is 36.7 Å². The molecule has 0 fully saturated rings. The summed E-state index contributed by atoms with van der Waals surface area (Å²) in [5, 5.41) is 10.6. The van der Waals surface area contributed by atoms with Gasteiger partial charge in [-0.25, -0.2) is 0 Å². The first-order chi connectivity index (χ1) is 10.3. The summed E-state index contributed by atoms with van der Waals surface area (Å²) < 4.78 is 0. The second kappa shape index (κ2) is 6.11. The maximum Gasteiger partial charge on any atom is 0.235 e. The summed E-state index contributed by atoms with van der Waals surface area (Å²) in [7, 11) is 0. The molecule has 120 valence electrons. The summed E-state index contributed by atoms with van der Waals surface area (Å²) in [5.41, 5.74) is 4.77. The molecule has 0 N–H and O–H groups in total. The van der Waals surface area contributed by atoms with Gasteiger partial charge in [-0.1, -0.05) is 13.8 Å². The predicted molar refractivity (Wildman–Crippen MR) is 92.0 cm³/mol. The van der Waals surface area contributed by atoms with Crippen LogP contribution < -0.4 is 4.90 Å². The highest BCUT2D eigenvalue weighted by Crippen LogP contribution is 2.44. The quantitative estimate of drug-likeness (QED) is 0.596. The van der Waals surface area contributed by atoms with E-state index in [1.54, 1.807) is 6.08 Å². The Labute approximate surface area is 133 Å². The molecule has 4 nitrogen and oxygen atoms in total. The van der Waals surface area contributed by atoms with Crippen LogP contribution in [0.25, 0.3) is 6.08 Å². The molecule has 1 aromatic rings. The van der Waals surface area contributed by atoms with Gasteiger partial charge in [0, 0.05) is 23.8 Å². The molecule has 1 heterocycles. The van der Waals surface area contributed by atoms with E-state index in [0.29, 0.717) is 5.92 Å². The van der Waals surface area contributed by atoms with Crippen molar-refractivity contribution >= 4 is 11.8 Å². The second-order valence-electron chi connectivity index (χ2n) is 6.94. The molecule has 0 bridgehead atoms. The molecule has 1 aromatic carbocycles. The summed E-state index contributed by atoms with van der Waals surface area (Å²) in [6, 6.07) is 4.33. The van der Waals surface area contributed by atoms with E-state index in [9.17, 15) is 10.1 Å². The van der Waals surface area contributed by atoms with Crippen molar-refractivity contribution < 1.29 is 4.92 Å². The van der Waals surface area contributed by atoms with E-state index in [1.807, 2.05) is 6.92 Å². The molecule has 2 rings (SSSR count). The third-order valence-electron chi connectivity index (χ3n) is 4.60. The average molecular weight is 302 g/mol. The normalized spacial score (nSPS) is 20.2. The second-order valence-corrected chi connectivity index (χ2v) is 6.94. The average Bonchev–Trinajstić information content (AvgIpc) is 2.41. The number of benzene rings is 1. The molecule has 0 aromatic heterocycles. The van der Waals surface area contributed by atoms with Gasteiger partial charge in [0.05, 0.1) is 4.92 Å². The van der Waals surface area contributed by atoms with Gasteiger partial charge in [-0.15, -0.1) is 0 Å². The van der Waals surface area contributed by atoms with Crippen LogP contribution in [-0.2, 0) is 0 Å². The van der Waals surface area contributed by atoms with E-state index in [4.69, 9.17) is 0 Å². The minimum atomic E-state index is -0.408. The summed E-state index contributed by atoms with van der Waals surface area (Å²) in [4.78, 5) is 12.7. The van der Waals surface area contributed by atoms with E-state index in [1.165, 1.54) is 11.3 Å². The topological polar surface area (TPSA) is 46.4 Å². The molecule has 0 spiro atoms. The Morgan fingerprint density at radius 1 is 1.45 bits per heavy atom. The Bertz CT molecular complexity index is 605. The molecule has 1 aliphatic heterocycles. The highest BCUT2D eigenvalue weighted by Gasteiger charge is 2.36. The monoisotopic (exact) mass is 302 g/mol. The van der Waals surface area contributed by atoms with E-state index >= 15 is 0 Å². The van der Waals surface area contributed by atoms with Crippen LogP contribution in [0.2, 0.25) is 0 Å². The summed E-state index contributed by atoms with van der Waals surface area (Å²) in [6.45, 7) is 12.1. The van der Waals surface area contributed by atoms with Crippen LogP contribution in [0, 0.1) is 17.0 Å². The molecule has 1 unspecified atom stereocenters. The molecule has 0 saturated heterocycles. The zero-order chi connectivity index (χ0) is 16.5. The lowest BCUT2D eigenvalue weighted by molar-refractivity contribution is -0.400. The molecule has 1 aliphatic rings. The van der Waals surface area contributed by atoms with Gasteiger partial charge in [0.15, 0.2) is 0 Å². The Balaban J connectivity index is 2.52. The third-order valence-corrected chi connectivity index (χ3v) is 4.60. The van der Waals surface area contributed by atoms with E-state index in [2.05, 4.69) is 44.7 Å². The SMILES string of the molecule is CCCN1c2cc(C)c(/C=C/[N+](=O)[O-])cc2C(C)CC1(C)C. The van der Waals surface area contributed by atoms with Crippen molar-refractivity contribution in [2.24, 2.45) is 0 Å². The van der Waals surface area contributed by atoms with Gasteiger partial charge < -0.3 is 4.90 Å². The summed E-state index contributed by atoms with van der Waals surface area (Å²) in [5.74, 6) is 0.460. The summed E-state index contributed by atoms with van der Waals surface area (Å²) in [6.07, 6.45) is 4.84. The van der Waals surface area contributed by atoms with Crippen molar-refractivity contribution in [3.05, 3.63) is 45.1 Å². The lowest BCUT2D eigenvalue weighted by Crippen LogP contribution is -2.48. The van der Waals surface area contributed by atoms with Crippen LogP contribution in [0.1, 0.15) is 63.1 Å². The molecular weight excluding hydrogens is 276 g/mol. The summed E-state index contributed by atoms with van der Waals surface area (Å²) >= 11 is 0. The number of hydrogen-bond acceptors (Lipinski definition) is 3. The van der Waals surface area contributed by atoms with Crippen LogP contribution >= 0.6 is 0 Å². The molecule has 1 atom stereocenters. The molecule has 0 aliphatic carbocycles. The lowest BCUT2D eigenvalue weighted by Gasteiger charge is -2.48. The fourth-order valence-corrected chi connectivity index (χ4v) is 3.62. The maximum atomic E-state index is 10.6. The van der Waals surface area contributed by atoms with Crippen molar-refractivity contribution in [2.75, 3.05) is 11.4 Å². The molecule has 22 heavy (non-hydrogen) atoms. The largest absolute Gasteiger partial charge is 0.366 e. The number of anilines is 1. The minimum absolute atomic E-state index is 0.146. The van der Waals surface area contributed by atoms with Crippen LogP contribution in [0.3, 0.4) is 0 Å². The van der Waals surface area contributed by atoms with E-state index in [-0.39, 0.29) is 5.54 Å². The Morgan fingerprint density at radius 2 is 2.14 bits per heavy atom. The number of nitro groups is 1. The van der Waals surface area contributed by atoms with Crippen LogP contribution in [-0.4, -0.2) is 17.0 Å². The minimum Gasteiger partial charge on any atom is -0.366 e. The number of aryl methyl sites for hydroxylation is 1. The fraction of sp³-hybridized carbons (Fsp3) is 0.556. The number of nitrogens with zero attached hydrogens (tertiary/aromatic N) is 2. The molecule has 0 saturated carbocycles. The molecule has 0 amide bonds. The highest BCUT2D eigenvalue weighted by molar-refractivity contribution is 5.67. The molecule has 0 radical (unpaired) electrons. The van der Waals surface area contributed by atoms with Gasteiger partial charge in [-0.3, -0.25) is 10.1 Å². The van der Waals surface area contributed by atoms with Gasteiger partial charge >= 0.3 is 0 Å². The van der Waals surface area contributed by atoms with Crippen LogP contribution in [0.4, 0.5) is 5.69 Å². The van der Waals surface area contributed by atoms with Crippen molar-refractivity contribution in [3.63, 3.8) is 0 Å². The lowest BCUT2D eigenvalue weighted by atomic mass is 9.79. The zero-order valence-corrected chi connectivity index (χ0v) is 14.2. The predicted octanol–water partition coefficient (Wildman–Crippen LogP) is 4.74. The highest BCUT2D eigenvalue weighted by atomic mass is 16.6.